The van der Waals surface area contributed by atoms with Crippen LogP contribution in [0.3, 0.4) is 0 Å². The molecule has 9 heteroatoms. The number of aliphatic hydroxyl groups excluding tert-OH is 1. The lowest BCUT2D eigenvalue weighted by Crippen LogP contribution is -2.52. The van der Waals surface area contributed by atoms with Gasteiger partial charge in [0.2, 0.25) is 0 Å². The van der Waals surface area contributed by atoms with E-state index < -0.39 is 46.7 Å². The number of hydrogen-bond acceptors (Lipinski definition) is 5. The summed E-state index contributed by atoms with van der Waals surface area (Å²) < 4.78 is 42.9. The number of hydrogen-bond donors (Lipinski definition) is 1. The number of carbonyl (C=O) groups excluding carboxylic acids is 1. The maximum absolute atomic E-state index is 15.8. The molecular weight excluding hydrogens is 535 g/mol. The molecule has 5 nitrogen and oxygen atoms in total. The lowest BCUT2D eigenvalue weighted by Gasteiger charge is -2.45. The first kappa shape index (κ1) is 29.2. The first-order valence-corrected chi connectivity index (χ1v) is 13.6. The Kier molecular flexibility index (Phi) is 8.20. The summed E-state index contributed by atoms with van der Waals surface area (Å²) in [5.74, 6) is -2.42. The Morgan fingerprint density at radius 1 is 1.13 bits per heavy atom. The number of esters is 1. The van der Waals surface area contributed by atoms with Gasteiger partial charge in [0.05, 0.1) is 18.2 Å². The Hall–Kier alpha value is -1.77. The summed E-state index contributed by atoms with van der Waals surface area (Å²) in [4.78, 5) is 15.5. The quantitative estimate of drug-likeness (QED) is 0.277. The first-order valence-electron chi connectivity index (χ1n) is 12.8. The van der Waals surface area contributed by atoms with Gasteiger partial charge in [0.1, 0.15) is 17.7 Å². The number of carbonyl (C=O) groups is 1. The summed E-state index contributed by atoms with van der Waals surface area (Å²) in [5, 5.41) is 9.25. The maximum atomic E-state index is 15.8. The molecule has 0 aromatic heterocycles. The zero-order chi connectivity index (χ0) is 28.0. The topological polar surface area (TPSA) is 59.0 Å². The number of rotatable bonds is 9. The Balaban J connectivity index is 1.93. The summed E-state index contributed by atoms with van der Waals surface area (Å²) >= 11 is 12.3. The summed E-state index contributed by atoms with van der Waals surface area (Å²) in [6.45, 7) is 10.3. The third-order valence-electron chi connectivity index (χ3n) is 8.24. The van der Waals surface area contributed by atoms with Gasteiger partial charge in [-0.3, -0.25) is 4.79 Å². The Morgan fingerprint density at radius 3 is 2.50 bits per heavy atom. The third kappa shape index (κ3) is 5.08. The molecule has 2 aliphatic rings. The Labute approximate surface area is 233 Å². The highest BCUT2D eigenvalue weighted by Gasteiger charge is 2.68. The van der Waals surface area contributed by atoms with Crippen LogP contribution >= 0.6 is 23.2 Å². The molecule has 0 radical (unpaired) electrons. The maximum Gasteiger partial charge on any atom is 0.325 e. The molecule has 208 valence electrons. The van der Waals surface area contributed by atoms with Crippen molar-refractivity contribution in [1.82, 2.24) is 4.90 Å². The molecule has 38 heavy (non-hydrogen) atoms. The van der Waals surface area contributed by atoms with E-state index in [1.165, 1.54) is 12.1 Å². The van der Waals surface area contributed by atoms with E-state index in [1.807, 2.05) is 25.7 Å². The van der Waals surface area contributed by atoms with Gasteiger partial charge in [0.25, 0.3) is 0 Å². The van der Waals surface area contributed by atoms with Crippen molar-refractivity contribution in [3.05, 3.63) is 69.2 Å². The zero-order valence-corrected chi connectivity index (χ0v) is 23.9. The number of nitrogens with zero attached hydrogens (tertiary/aromatic N) is 1. The molecule has 2 saturated heterocycles. The molecule has 0 saturated carbocycles. The number of cyclic esters (lactones) is 1. The van der Waals surface area contributed by atoms with Crippen LogP contribution in [0.4, 0.5) is 8.78 Å². The lowest BCUT2D eigenvalue weighted by atomic mass is 9.62. The first-order chi connectivity index (χ1) is 17.7. The lowest BCUT2D eigenvalue weighted by molar-refractivity contribution is -0.152. The summed E-state index contributed by atoms with van der Waals surface area (Å²) in [6, 6.07) is 7.94. The number of fused-ring (bicyclic) bond motifs is 1. The smallest absolute Gasteiger partial charge is 0.325 e. The van der Waals surface area contributed by atoms with E-state index >= 15 is 8.78 Å². The van der Waals surface area contributed by atoms with Crippen LogP contribution in [0.15, 0.2) is 36.4 Å². The standard InChI is InChI=1S/C29H35Cl2F2NO4/c1-27(2,11-13-37-14-12-35)16-22-29(5,19-10-9-17(30)15-21(19)32)23(18-7-6-8-20(31)24(18)33)25-26(36)38-28(3,4)34(22)25/h6-10,15,22-23,25,35H,11-14,16H2,1-5H3/t22-,23-,25+,29-/m0/s1. The highest BCUT2D eigenvalue weighted by Crippen LogP contribution is 2.60. The van der Waals surface area contributed by atoms with E-state index in [0.717, 1.165) is 0 Å². The summed E-state index contributed by atoms with van der Waals surface area (Å²) in [6.07, 6.45) is 1.19. The molecule has 0 spiro atoms. The molecule has 0 unspecified atom stereocenters. The van der Waals surface area contributed by atoms with Crippen molar-refractivity contribution in [2.24, 2.45) is 5.41 Å². The van der Waals surface area contributed by atoms with Gasteiger partial charge in [-0.2, -0.15) is 0 Å². The minimum absolute atomic E-state index is 0.0626. The average Bonchev–Trinajstić information content (AvgIpc) is 3.21. The molecule has 4 atom stereocenters. The summed E-state index contributed by atoms with van der Waals surface area (Å²) in [5.41, 5.74) is -1.81. The van der Waals surface area contributed by atoms with E-state index in [0.29, 0.717) is 25.0 Å². The average molecular weight is 571 g/mol. The Morgan fingerprint density at radius 2 is 1.84 bits per heavy atom. The van der Waals surface area contributed by atoms with E-state index in [-0.39, 0.29) is 34.2 Å². The van der Waals surface area contributed by atoms with Crippen LogP contribution in [-0.4, -0.2) is 53.6 Å². The SMILES string of the molecule is CC(C)(CCOCCO)C[C@@H]1N2[C@@H](C(=O)OC2(C)C)[C@H](c2cccc(Cl)c2F)[C@@]1(C)c1ccc(Cl)cc1F. The van der Waals surface area contributed by atoms with Crippen LogP contribution in [0, 0.1) is 17.0 Å². The van der Waals surface area contributed by atoms with E-state index in [2.05, 4.69) is 13.8 Å². The minimum atomic E-state index is -1.06. The van der Waals surface area contributed by atoms with Crippen molar-refractivity contribution >= 4 is 29.2 Å². The molecule has 0 amide bonds. The van der Waals surface area contributed by atoms with Crippen LogP contribution in [0.1, 0.15) is 64.5 Å². The Bertz CT molecular complexity index is 1210. The summed E-state index contributed by atoms with van der Waals surface area (Å²) in [7, 11) is 0. The van der Waals surface area contributed by atoms with Gasteiger partial charge in [-0.1, -0.05) is 62.2 Å². The monoisotopic (exact) mass is 569 g/mol. The molecule has 2 aliphatic heterocycles. The predicted octanol–water partition coefficient (Wildman–Crippen LogP) is 6.47. The molecule has 2 aromatic rings. The molecule has 0 bridgehead atoms. The van der Waals surface area contributed by atoms with Crippen molar-refractivity contribution < 1.29 is 28.2 Å². The molecular formula is C29H35Cl2F2NO4. The fourth-order valence-corrected chi connectivity index (χ4v) is 6.82. The van der Waals surface area contributed by atoms with Gasteiger partial charge in [-0.15, -0.1) is 0 Å². The third-order valence-corrected chi connectivity index (χ3v) is 8.76. The molecule has 2 fully saturated rings. The molecule has 4 rings (SSSR count). The van der Waals surface area contributed by atoms with Crippen LogP contribution in [0.25, 0.3) is 0 Å². The molecule has 2 aromatic carbocycles. The van der Waals surface area contributed by atoms with Gasteiger partial charge in [0, 0.05) is 29.0 Å². The van der Waals surface area contributed by atoms with Gasteiger partial charge < -0.3 is 14.6 Å². The van der Waals surface area contributed by atoms with E-state index in [1.54, 1.807) is 24.3 Å². The van der Waals surface area contributed by atoms with Gasteiger partial charge >= 0.3 is 5.97 Å². The van der Waals surface area contributed by atoms with Gasteiger partial charge in [0.15, 0.2) is 5.72 Å². The van der Waals surface area contributed by atoms with Crippen molar-refractivity contribution in [1.29, 1.82) is 0 Å². The van der Waals surface area contributed by atoms with Crippen LogP contribution in [0.5, 0.6) is 0 Å². The fourth-order valence-electron chi connectivity index (χ4n) is 6.48. The highest BCUT2D eigenvalue weighted by atomic mass is 35.5. The molecule has 1 N–H and O–H groups in total. The zero-order valence-electron chi connectivity index (χ0n) is 22.4. The van der Waals surface area contributed by atoms with Crippen LogP contribution in [0.2, 0.25) is 10.0 Å². The van der Waals surface area contributed by atoms with Gasteiger partial charge in [-0.05, 0) is 61.4 Å². The number of halogens is 4. The number of benzene rings is 2. The second-order valence-corrected chi connectivity index (χ2v) is 12.6. The van der Waals surface area contributed by atoms with Gasteiger partial charge in [-0.25, -0.2) is 13.7 Å². The fraction of sp³-hybridized carbons (Fsp3) is 0.552. The largest absolute Gasteiger partial charge is 0.443 e. The second kappa shape index (κ2) is 10.7. The van der Waals surface area contributed by atoms with Crippen LogP contribution < -0.4 is 0 Å². The molecule has 2 heterocycles. The van der Waals surface area contributed by atoms with Crippen molar-refractivity contribution in [3.63, 3.8) is 0 Å². The number of ether oxygens (including phenoxy) is 2. The van der Waals surface area contributed by atoms with Crippen LogP contribution in [-0.2, 0) is 19.7 Å². The van der Waals surface area contributed by atoms with Crippen molar-refractivity contribution in [2.45, 2.75) is 76.6 Å². The van der Waals surface area contributed by atoms with Crippen molar-refractivity contribution in [2.75, 3.05) is 19.8 Å². The second-order valence-electron chi connectivity index (χ2n) is 11.7. The molecule has 0 aliphatic carbocycles. The number of aliphatic hydroxyl groups is 1. The highest BCUT2D eigenvalue weighted by molar-refractivity contribution is 6.31. The van der Waals surface area contributed by atoms with Crippen molar-refractivity contribution in [3.8, 4) is 0 Å². The predicted molar refractivity (Wildman–Crippen MR) is 143 cm³/mol. The van der Waals surface area contributed by atoms with E-state index in [4.69, 9.17) is 37.8 Å². The minimum Gasteiger partial charge on any atom is -0.443 e. The normalized spacial score (nSPS) is 27.0. The van der Waals surface area contributed by atoms with E-state index in [9.17, 15) is 4.79 Å².